The van der Waals surface area contributed by atoms with Crippen LogP contribution in [0, 0.1) is 0 Å². The van der Waals surface area contributed by atoms with Crippen molar-refractivity contribution in [3.8, 4) is 22.8 Å². The second-order valence-electron chi connectivity index (χ2n) is 7.50. The molecule has 2 heterocycles. The Bertz CT molecular complexity index is 934. The molecule has 6 nitrogen and oxygen atoms in total. The third-order valence-electron chi connectivity index (χ3n) is 4.81. The zero-order valence-electron chi connectivity index (χ0n) is 18.6. The van der Waals surface area contributed by atoms with E-state index in [0.29, 0.717) is 30.3 Å². The number of aliphatic hydroxyl groups is 1. The van der Waals surface area contributed by atoms with E-state index >= 15 is 0 Å². The summed E-state index contributed by atoms with van der Waals surface area (Å²) in [4.78, 5) is 0. The topological polar surface area (TPSA) is 65.7 Å². The molecule has 166 valence electrons. The zero-order chi connectivity index (χ0) is 22.1. The Kier molecular flexibility index (Phi) is 8.50. The van der Waals surface area contributed by atoms with E-state index in [-0.39, 0.29) is 12.7 Å². The monoisotopic (exact) mass is 424 g/mol. The summed E-state index contributed by atoms with van der Waals surface area (Å²) in [5.74, 6) is 1.38. The molecular weight excluding hydrogens is 392 g/mol. The number of hydrogen-bond acceptors (Lipinski definition) is 5. The van der Waals surface area contributed by atoms with Gasteiger partial charge in [-0.15, -0.1) is 0 Å². The van der Waals surface area contributed by atoms with Gasteiger partial charge in [0, 0.05) is 12.0 Å². The molecule has 1 fully saturated rings. The van der Waals surface area contributed by atoms with Gasteiger partial charge in [-0.05, 0) is 29.8 Å². The number of methoxy groups -OCH3 is 1. The van der Waals surface area contributed by atoms with Gasteiger partial charge < -0.3 is 19.3 Å². The van der Waals surface area contributed by atoms with E-state index in [1.807, 2.05) is 47.1 Å². The number of benzene rings is 2. The van der Waals surface area contributed by atoms with Gasteiger partial charge in [0.2, 0.25) is 0 Å². The van der Waals surface area contributed by atoms with E-state index in [2.05, 4.69) is 31.1 Å². The summed E-state index contributed by atoms with van der Waals surface area (Å²) in [6.45, 7) is 6.08. The summed E-state index contributed by atoms with van der Waals surface area (Å²) in [6.07, 6.45) is 2.15. The van der Waals surface area contributed by atoms with Crippen LogP contribution < -0.4 is 9.47 Å². The molecule has 0 spiro atoms. The van der Waals surface area contributed by atoms with Crippen LogP contribution in [0.3, 0.4) is 0 Å². The first kappa shape index (κ1) is 22.8. The predicted molar refractivity (Wildman–Crippen MR) is 121 cm³/mol. The molecule has 2 aromatic carbocycles. The number of aliphatic hydroxyl groups excluding tert-OH is 1. The van der Waals surface area contributed by atoms with Gasteiger partial charge in [-0.3, -0.25) is 4.68 Å². The highest BCUT2D eigenvalue weighted by molar-refractivity contribution is 5.65. The van der Waals surface area contributed by atoms with Gasteiger partial charge in [-0.1, -0.05) is 50.6 Å². The maximum Gasteiger partial charge on any atom is 0.162 e. The average molecular weight is 425 g/mol. The first-order valence-corrected chi connectivity index (χ1v) is 10.8. The first-order chi connectivity index (χ1) is 15.2. The van der Waals surface area contributed by atoms with Gasteiger partial charge in [0.25, 0.3) is 0 Å². The van der Waals surface area contributed by atoms with Crippen LogP contribution >= 0.6 is 0 Å². The maximum absolute atomic E-state index is 9.58. The summed E-state index contributed by atoms with van der Waals surface area (Å²) in [5.41, 5.74) is 3.65. The van der Waals surface area contributed by atoms with Gasteiger partial charge >= 0.3 is 0 Å². The molecule has 1 aliphatic heterocycles. The van der Waals surface area contributed by atoms with Crippen LogP contribution in [0.5, 0.6) is 11.5 Å². The molecule has 31 heavy (non-hydrogen) atoms. The Morgan fingerprint density at radius 3 is 2.52 bits per heavy atom. The molecule has 0 radical (unpaired) electrons. The molecule has 1 aliphatic rings. The van der Waals surface area contributed by atoms with Crippen molar-refractivity contribution in [3.63, 3.8) is 0 Å². The minimum atomic E-state index is -0.103. The van der Waals surface area contributed by atoms with E-state index in [1.165, 1.54) is 6.42 Å². The minimum Gasteiger partial charge on any atom is -0.493 e. The van der Waals surface area contributed by atoms with E-state index in [0.717, 1.165) is 29.8 Å². The standard InChI is InChI=1S/C22H24N2O4.C3H8/c1-26-21-8-7-17(11-22(21)28-19-9-10-27-15-19)20-12-18(14-25)23-24(20)13-16-5-3-2-4-6-16;1-3-2/h2-8,11-12,19,25H,9-10,13-15H2,1H3;3H2,1-2H3. The van der Waals surface area contributed by atoms with Gasteiger partial charge in [-0.2, -0.15) is 5.10 Å². The molecule has 3 aromatic rings. The molecule has 6 heteroatoms. The van der Waals surface area contributed by atoms with E-state index in [4.69, 9.17) is 14.2 Å². The number of nitrogens with zero attached hydrogens (tertiary/aromatic N) is 2. The fourth-order valence-corrected chi connectivity index (χ4v) is 3.37. The van der Waals surface area contributed by atoms with E-state index in [1.54, 1.807) is 7.11 Å². The lowest BCUT2D eigenvalue weighted by atomic mass is 10.1. The third-order valence-corrected chi connectivity index (χ3v) is 4.81. The summed E-state index contributed by atoms with van der Waals surface area (Å²) in [6, 6.07) is 17.9. The van der Waals surface area contributed by atoms with E-state index < -0.39 is 0 Å². The Morgan fingerprint density at radius 2 is 1.87 bits per heavy atom. The Morgan fingerprint density at radius 1 is 1.10 bits per heavy atom. The largest absolute Gasteiger partial charge is 0.493 e. The van der Waals surface area contributed by atoms with Gasteiger partial charge in [-0.25, -0.2) is 0 Å². The average Bonchev–Trinajstić information content (AvgIpc) is 3.45. The van der Waals surface area contributed by atoms with Crippen LogP contribution in [0.15, 0.2) is 54.6 Å². The van der Waals surface area contributed by atoms with Crippen molar-refractivity contribution in [1.29, 1.82) is 0 Å². The second-order valence-corrected chi connectivity index (χ2v) is 7.50. The van der Waals surface area contributed by atoms with Gasteiger partial charge in [0.1, 0.15) is 6.10 Å². The van der Waals surface area contributed by atoms with Crippen molar-refractivity contribution in [2.75, 3.05) is 20.3 Å². The normalized spacial score (nSPS) is 15.3. The van der Waals surface area contributed by atoms with Crippen LogP contribution in [0.1, 0.15) is 37.9 Å². The molecule has 0 saturated carbocycles. The molecule has 0 aliphatic carbocycles. The minimum absolute atomic E-state index is 0.0337. The lowest BCUT2D eigenvalue weighted by Crippen LogP contribution is -2.16. The summed E-state index contributed by atoms with van der Waals surface area (Å²) >= 11 is 0. The Hall–Kier alpha value is -2.83. The van der Waals surface area contributed by atoms with Crippen LogP contribution in [0.25, 0.3) is 11.3 Å². The van der Waals surface area contributed by atoms with Crippen molar-refractivity contribution in [1.82, 2.24) is 9.78 Å². The van der Waals surface area contributed by atoms with Crippen molar-refractivity contribution < 1.29 is 19.3 Å². The van der Waals surface area contributed by atoms with Crippen LogP contribution in [-0.2, 0) is 17.9 Å². The number of hydrogen-bond donors (Lipinski definition) is 1. The Balaban J connectivity index is 0.000000858. The van der Waals surface area contributed by atoms with Crippen LogP contribution in [-0.4, -0.2) is 41.3 Å². The zero-order valence-corrected chi connectivity index (χ0v) is 18.6. The van der Waals surface area contributed by atoms with Gasteiger partial charge in [0.05, 0.1) is 44.9 Å². The third kappa shape index (κ3) is 6.09. The quantitative estimate of drug-likeness (QED) is 0.596. The smallest absolute Gasteiger partial charge is 0.162 e. The molecule has 1 unspecified atom stereocenters. The maximum atomic E-state index is 9.58. The number of aromatic nitrogens is 2. The molecule has 1 saturated heterocycles. The SMILES string of the molecule is CCC.COc1ccc(-c2cc(CO)nn2Cc2ccccc2)cc1OC1CCOC1. The molecule has 1 atom stereocenters. The first-order valence-electron chi connectivity index (χ1n) is 10.8. The highest BCUT2D eigenvalue weighted by Gasteiger charge is 2.20. The molecule has 4 rings (SSSR count). The highest BCUT2D eigenvalue weighted by atomic mass is 16.6. The van der Waals surface area contributed by atoms with E-state index in [9.17, 15) is 5.11 Å². The van der Waals surface area contributed by atoms with Gasteiger partial charge in [0.15, 0.2) is 11.5 Å². The van der Waals surface area contributed by atoms with Crippen molar-refractivity contribution in [3.05, 3.63) is 65.9 Å². The predicted octanol–water partition coefficient (Wildman–Crippen LogP) is 4.68. The fraction of sp³-hybridized carbons (Fsp3) is 0.400. The van der Waals surface area contributed by atoms with Crippen molar-refractivity contribution in [2.45, 2.75) is 45.9 Å². The summed E-state index contributed by atoms with van der Waals surface area (Å²) in [5, 5.41) is 14.1. The molecule has 0 amide bonds. The fourth-order valence-electron chi connectivity index (χ4n) is 3.37. The number of ether oxygens (including phenoxy) is 3. The lowest BCUT2D eigenvalue weighted by Gasteiger charge is -2.16. The second kappa shape index (κ2) is 11.5. The van der Waals surface area contributed by atoms with Crippen LogP contribution in [0.4, 0.5) is 0 Å². The summed E-state index contributed by atoms with van der Waals surface area (Å²) < 4.78 is 18.9. The molecule has 1 N–H and O–H groups in total. The number of rotatable bonds is 7. The summed E-state index contributed by atoms with van der Waals surface area (Å²) in [7, 11) is 1.64. The van der Waals surface area contributed by atoms with Crippen molar-refractivity contribution in [2.24, 2.45) is 0 Å². The molecular formula is C25H32N2O4. The Labute approximate surface area is 184 Å². The lowest BCUT2D eigenvalue weighted by molar-refractivity contribution is 0.138. The van der Waals surface area contributed by atoms with Crippen molar-refractivity contribution >= 4 is 0 Å². The van der Waals surface area contributed by atoms with Crippen LogP contribution in [0.2, 0.25) is 0 Å². The molecule has 0 bridgehead atoms. The molecule has 1 aromatic heterocycles. The highest BCUT2D eigenvalue weighted by Crippen LogP contribution is 2.34.